The second kappa shape index (κ2) is 5.92. The quantitative estimate of drug-likeness (QED) is 0.877. The molecule has 1 aliphatic heterocycles. The van der Waals surface area contributed by atoms with Crippen LogP contribution in [0.5, 0.6) is 0 Å². The number of thiazole rings is 1. The summed E-state index contributed by atoms with van der Waals surface area (Å²) in [5.41, 5.74) is 0. The van der Waals surface area contributed by atoms with Gasteiger partial charge in [0.25, 0.3) is 0 Å². The third-order valence-corrected chi connectivity index (χ3v) is 4.58. The van der Waals surface area contributed by atoms with Crippen molar-refractivity contribution in [1.29, 1.82) is 0 Å². The lowest BCUT2D eigenvalue weighted by Crippen LogP contribution is -2.47. The van der Waals surface area contributed by atoms with Gasteiger partial charge in [-0.1, -0.05) is 6.92 Å². The second-order valence-electron chi connectivity index (χ2n) is 4.77. The van der Waals surface area contributed by atoms with Crippen molar-refractivity contribution >= 4 is 34.6 Å². The highest BCUT2D eigenvalue weighted by Crippen LogP contribution is 2.21. The summed E-state index contributed by atoms with van der Waals surface area (Å²) in [6, 6.07) is 0. The van der Waals surface area contributed by atoms with Gasteiger partial charge in [0.05, 0.1) is 0 Å². The minimum absolute atomic E-state index is 0.712. The van der Waals surface area contributed by atoms with Crippen molar-refractivity contribution in [3.8, 4) is 0 Å². The maximum atomic E-state index is 5.30. The first-order chi connectivity index (χ1) is 9.79. The van der Waals surface area contributed by atoms with Crippen molar-refractivity contribution in [3.05, 3.63) is 16.3 Å². The third kappa shape index (κ3) is 2.57. The number of nitrogens with one attached hydrogen (secondary N) is 1. The van der Waals surface area contributed by atoms with Gasteiger partial charge in [-0.05, 0) is 18.6 Å². The summed E-state index contributed by atoms with van der Waals surface area (Å²) in [7, 11) is 0. The van der Waals surface area contributed by atoms with Crippen LogP contribution in [0.3, 0.4) is 0 Å². The normalized spacial score (nSPS) is 15.8. The van der Waals surface area contributed by atoms with Gasteiger partial charge in [-0.2, -0.15) is 0 Å². The van der Waals surface area contributed by atoms with Crippen LogP contribution in [-0.2, 0) is 6.54 Å². The molecule has 1 fully saturated rings. The molecule has 2 aromatic heterocycles. The van der Waals surface area contributed by atoms with Crippen molar-refractivity contribution in [2.75, 3.05) is 36.0 Å². The zero-order valence-corrected chi connectivity index (χ0v) is 13.1. The first kappa shape index (κ1) is 13.6. The molecule has 8 heteroatoms. The van der Waals surface area contributed by atoms with Crippen LogP contribution in [-0.4, -0.2) is 45.9 Å². The molecule has 1 saturated heterocycles. The van der Waals surface area contributed by atoms with E-state index >= 15 is 0 Å². The number of aromatic amines is 1. The number of rotatable bonds is 4. The molecular weight excluding hydrogens is 292 g/mol. The molecule has 0 aromatic carbocycles. The Balaban J connectivity index is 1.70. The largest absolute Gasteiger partial charge is 0.345 e. The van der Waals surface area contributed by atoms with E-state index < -0.39 is 0 Å². The number of nitrogens with zero attached hydrogens (tertiary/aromatic N) is 5. The van der Waals surface area contributed by atoms with Crippen LogP contribution < -0.4 is 9.80 Å². The average molecular weight is 310 g/mol. The molecule has 1 N–H and O–H groups in total. The van der Waals surface area contributed by atoms with Gasteiger partial charge in [0.1, 0.15) is 0 Å². The van der Waals surface area contributed by atoms with Gasteiger partial charge in [0, 0.05) is 44.3 Å². The highest BCUT2D eigenvalue weighted by molar-refractivity contribution is 7.71. The van der Waals surface area contributed by atoms with Gasteiger partial charge in [-0.25, -0.2) is 10.1 Å². The summed E-state index contributed by atoms with van der Waals surface area (Å²) >= 11 is 6.99. The molecule has 0 radical (unpaired) electrons. The molecule has 20 heavy (non-hydrogen) atoms. The molecule has 0 aliphatic carbocycles. The van der Waals surface area contributed by atoms with E-state index in [1.165, 1.54) is 0 Å². The van der Waals surface area contributed by atoms with Crippen LogP contribution in [0.2, 0.25) is 0 Å². The highest BCUT2D eigenvalue weighted by atomic mass is 32.1. The Kier molecular flexibility index (Phi) is 4.02. The second-order valence-corrected chi connectivity index (χ2v) is 6.03. The first-order valence-corrected chi connectivity index (χ1v) is 8.13. The summed E-state index contributed by atoms with van der Waals surface area (Å²) in [5, 5.41) is 10.4. The highest BCUT2D eigenvalue weighted by Gasteiger charge is 2.22. The van der Waals surface area contributed by atoms with Gasteiger partial charge in [-0.15, -0.1) is 16.4 Å². The predicted molar refractivity (Wildman–Crippen MR) is 84.2 cm³/mol. The van der Waals surface area contributed by atoms with Gasteiger partial charge < -0.3 is 9.80 Å². The maximum Gasteiger partial charge on any atom is 0.225 e. The van der Waals surface area contributed by atoms with Gasteiger partial charge in [0.15, 0.2) is 9.90 Å². The minimum Gasteiger partial charge on any atom is -0.345 e. The molecule has 0 atom stereocenters. The number of aromatic nitrogens is 4. The first-order valence-electron chi connectivity index (χ1n) is 6.84. The van der Waals surface area contributed by atoms with E-state index in [9.17, 15) is 0 Å². The van der Waals surface area contributed by atoms with Crippen molar-refractivity contribution in [3.63, 3.8) is 0 Å². The molecule has 1 aliphatic rings. The standard InChI is InChI=1S/C12H18N6S2/c1-2-4-18-10(14-15-11(18)19)16-5-7-17(8-6-16)12-13-3-9-20-12/h3,9H,2,4-8H2,1H3,(H,15,19). The van der Waals surface area contributed by atoms with Crippen molar-refractivity contribution in [2.24, 2.45) is 0 Å². The predicted octanol–water partition coefficient (Wildman–Crippen LogP) is 2.13. The van der Waals surface area contributed by atoms with E-state index in [0.717, 1.165) is 50.2 Å². The van der Waals surface area contributed by atoms with E-state index in [4.69, 9.17) is 12.2 Å². The van der Waals surface area contributed by atoms with Crippen LogP contribution in [0.1, 0.15) is 13.3 Å². The fourth-order valence-corrected chi connectivity index (χ4v) is 3.36. The Labute approximate surface area is 127 Å². The Hall–Kier alpha value is -1.41. The Morgan fingerprint density at radius 2 is 2.05 bits per heavy atom. The zero-order chi connectivity index (χ0) is 13.9. The van der Waals surface area contributed by atoms with E-state index in [1.807, 2.05) is 11.6 Å². The molecule has 0 saturated carbocycles. The molecule has 2 aromatic rings. The summed E-state index contributed by atoms with van der Waals surface area (Å²) in [5.74, 6) is 0.968. The number of hydrogen-bond acceptors (Lipinski definition) is 6. The zero-order valence-electron chi connectivity index (χ0n) is 11.4. The smallest absolute Gasteiger partial charge is 0.225 e. The molecule has 108 valence electrons. The lowest BCUT2D eigenvalue weighted by Gasteiger charge is -2.35. The topological polar surface area (TPSA) is 53.0 Å². The molecule has 3 rings (SSSR count). The Bertz CT molecular complexity index is 594. The summed E-state index contributed by atoms with van der Waals surface area (Å²) in [6.45, 7) is 6.90. The van der Waals surface area contributed by atoms with E-state index in [0.29, 0.717) is 4.77 Å². The van der Waals surface area contributed by atoms with Gasteiger partial charge in [-0.3, -0.25) is 4.57 Å². The van der Waals surface area contributed by atoms with E-state index in [2.05, 4.69) is 36.5 Å². The Morgan fingerprint density at radius 3 is 2.70 bits per heavy atom. The van der Waals surface area contributed by atoms with Crippen LogP contribution in [0.4, 0.5) is 11.1 Å². The molecule has 0 bridgehead atoms. The van der Waals surface area contributed by atoms with Crippen LogP contribution in [0.15, 0.2) is 11.6 Å². The lowest BCUT2D eigenvalue weighted by molar-refractivity contribution is 0.600. The van der Waals surface area contributed by atoms with Crippen molar-refractivity contribution in [2.45, 2.75) is 19.9 Å². The summed E-state index contributed by atoms with van der Waals surface area (Å²) in [6.07, 6.45) is 2.92. The number of hydrogen-bond donors (Lipinski definition) is 1. The molecule has 3 heterocycles. The van der Waals surface area contributed by atoms with Crippen molar-refractivity contribution < 1.29 is 0 Å². The Morgan fingerprint density at radius 1 is 1.30 bits per heavy atom. The van der Waals surface area contributed by atoms with Crippen LogP contribution >= 0.6 is 23.6 Å². The number of anilines is 2. The summed E-state index contributed by atoms with van der Waals surface area (Å²) < 4.78 is 2.80. The lowest BCUT2D eigenvalue weighted by atomic mass is 10.3. The fourth-order valence-electron chi connectivity index (χ4n) is 2.45. The fraction of sp³-hybridized carbons (Fsp3) is 0.583. The molecule has 6 nitrogen and oxygen atoms in total. The molecule has 0 unspecified atom stereocenters. The van der Waals surface area contributed by atoms with Crippen LogP contribution in [0, 0.1) is 4.77 Å². The van der Waals surface area contributed by atoms with E-state index in [1.54, 1.807) is 11.3 Å². The molecule has 0 amide bonds. The third-order valence-electron chi connectivity index (χ3n) is 3.44. The maximum absolute atomic E-state index is 5.30. The van der Waals surface area contributed by atoms with Gasteiger partial charge >= 0.3 is 0 Å². The molecular formula is C12H18N6S2. The van der Waals surface area contributed by atoms with Crippen LogP contribution in [0.25, 0.3) is 0 Å². The molecule has 0 spiro atoms. The minimum atomic E-state index is 0.712. The SMILES string of the molecule is CCCn1c(N2CCN(c3nccs3)CC2)n[nH]c1=S. The van der Waals surface area contributed by atoms with Gasteiger partial charge in [0.2, 0.25) is 5.95 Å². The number of H-pyrrole nitrogens is 1. The van der Waals surface area contributed by atoms with E-state index in [-0.39, 0.29) is 0 Å². The average Bonchev–Trinajstić information content (AvgIpc) is 3.11. The summed E-state index contributed by atoms with van der Waals surface area (Å²) in [4.78, 5) is 8.99. The number of piperazine rings is 1. The van der Waals surface area contributed by atoms with Crippen molar-refractivity contribution in [1.82, 2.24) is 19.7 Å². The monoisotopic (exact) mass is 310 g/mol.